The van der Waals surface area contributed by atoms with Crippen molar-refractivity contribution in [3.63, 3.8) is 0 Å². The molecule has 19 heavy (non-hydrogen) atoms. The van der Waals surface area contributed by atoms with Crippen LogP contribution in [0.25, 0.3) is 0 Å². The van der Waals surface area contributed by atoms with Crippen LogP contribution < -0.4 is 11.1 Å². The van der Waals surface area contributed by atoms with Crippen molar-refractivity contribution in [2.24, 2.45) is 11.7 Å². The van der Waals surface area contributed by atoms with Gasteiger partial charge in [-0.25, -0.2) is 0 Å². The van der Waals surface area contributed by atoms with E-state index < -0.39 is 0 Å². The fourth-order valence-electron chi connectivity index (χ4n) is 1.95. The summed E-state index contributed by atoms with van der Waals surface area (Å²) in [5, 5.41) is 3.71. The Morgan fingerprint density at radius 1 is 1.26 bits per heavy atom. The summed E-state index contributed by atoms with van der Waals surface area (Å²) in [5.41, 5.74) is 6.56. The SMILES string of the molecule is CC(CCN)CCC(=O)N[C@H](C)c1ccc(Cl)cc1. The van der Waals surface area contributed by atoms with E-state index in [1.54, 1.807) is 0 Å². The van der Waals surface area contributed by atoms with Crippen molar-refractivity contribution in [1.82, 2.24) is 5.32 Å². The largest absolute Gasteiger partial charge is 0.350 e. The topological polar surface area (TPSA) is 55.1 Å². The molecule has 106 valence electrons. The van der Waals surface area contributed by atoms with Crippen LogP contribution >= 0.6 is 11.6 Å². The number of carbonyl (C=O) groups excluding carboxylic acids is 1. The van der Waals surface area contributed by atoms with Gasteiger partial charge >= 0.3 is 0 Å². The van der Waals surface area contributed by atoms with Crippen molar-refractivity contribution in [3.8, 4) is 0 Å². The average molecular weight is 283 g/mol. The van der Waals surface area contributed by atoms with E-state index in [0.29, 0.717) is 23.9 Å². The second-order valence-electron chi connectivity index (χ2n) is 5.06. The Hall–Kier alpha value is -1.06. The van der Waals surface area contributed by atoms with E-state index in [0.717, 1.165) is 18.4 Å². The normalized spacial score (nSPS) is 13.9. The molecule has 1 rings (SSSR count). The van der Waals surface area contributed by atoms with Crippen molar-refractivity contribution in [2.45, 2.75) is 39.2 Å². The van der Waals surface area contributed by atoms with Crippen LogP contribution in [-0.2, 0) is 4.79 Å². The predicted octanol–water partition coefficient (Wildman–Crippen LogP) is 3.28. The van der Waals surface area contributed by atoms with Crippen molar-refractivity contribution in [1.29, 1.82) is 0 Å². The molecule has 0 aliphatic carbocycles. The first-order valence-electron chi connectivity index (χ1n) is 6.77. The van der Waals surface area contributed by atoms with Gasteiger partial charge in [0.1, 0.15) is 0 Å². The van der Waals surface area contributed by atoms with E-state index in [-0.39, 0.29) is 11.9 Å². The summed E-state index contributed by atoms with van der Waals surface area (Å²) in [6.45, 7) is 4.79. The van der Waals surface area contributed by atoms with Gasteiger partial charge in [-0.1, -0.05) is 30.7 Å². The number of hydrogen-bond acceptors (Lipinski definition) is 2. The van der Waals surface area contributed by atoms with Crippen molar-refractivity contribution in [2.75, 3.05) is 6.54 Å². The molecule has 3 N–H and O–H groups in total. The van der Waals surface area contributed by atoms with Gasteiger partial charge in [-0.3, -0.25) is 4.79 Å². The molecule has 1 aromatic carbocycles. The maximum absolute atomic E-state index is 11.8. The standard InChI is InChI=1S/C15H23ClN2O/c1-11(9-10-17)3-8-15(19)18-12(2)13-4-6-14(16)7-5-13/h4-7,11-12H,3,8-10,17H2,1-2H3,(H,18,19)/t11?,12-/m1/s1. The number of nitrogens with one attached hydrogen (secondary N) is 1. The lowest BCUT2D eigenvalue weighted by molar-refractivity contribution is -0.122. The van der Waals surface area contributed by atoms with E-state index in [9.17, 15) is 4.79 Å². The molecule has 4 heteroatoms. The molecule has 0 saturated carbocycles. The minimum absolute atomic E-state index is 0.00887. The molecule has 0 radical (unpaired) electrons. The highest BCUT2D eigenvalue weighted by atomic mass is 35.5. The molecule has 0 fully saturated rings. The van der Waals surface area contributed by atoms with E-state index in [1.165, 1.54) is 0 Å². The van der Waals surface area contributed by atoms with Crippen molar-refractivity contribution < 1.29 is 4.79 Å². The highest BCUT2D eigenvalue weighted by Crippen LogP contribution is 2.16. The first kappa shape index (κ1) is 16.0. The van der Waals surface area contributed by atoms with Crippen LogP contribution in [0.3, 0.4) is 0 Å². The van der Waals surface area contributed by atoms with Gasteiger partial charge in [-0.2, -0.15) is 0 Å². The smallest absolute Gasteiger partial charge is 0.220 e. The molecule has 3 nitrogen and oxygen atoms in total. The minimum atomic E-state index is 0.00887. The Morgan fingerprint density at radius 2 is 1.89 bits per heavy atom. The Kier molecular flexibility index (Phi) is 6.89. The third kappa shape index (κ3) is 6.08. The van der Waals surface area contributed by atoms with Crippen LogP contribution in [0.2, 0.25) is 5.02 Å². The zero-order valence-corrected chi connectivity index (χ0v) is 12.4. The summed E-state index contributed by atoms with van der Waals surface area (Å²) in [5.74, 6) is 0.591. The maximum Gasteiger partial charge on any atom is 0.220 e. The number of hydrogen-bond donors (Lipinski definition) is 2. The van der Waals surface area contributed by atoms with Crippen LogP contribution in [-0.4, -0.2) is 12.5 Å². The lowest BCUT2D eigenvalue weighted by Gasteiger charge is -2.15. The summed E-state index contributed by atoms with van der Waals surface area (Å²) in [6, 6.07) is 7.55. The Balaban J connectivity index is 2.37. The van der Waals surface area contributed by atoms with Crippen molar-refractivity contribution >= 4 is 17.5 Å². The van der Waals surface area contributed by atoms with Gasteiger partial charge in [0, 0.05) is 11.4 Å². The molecule has 1 unspecified atom stereocenters. The zero-order valence-electron chi connectivity index (χ0n) is 11.7. The Morgan fingerprint density at radius 3 is 2.47 bits per heavy atom. The van der Waals surface area contributed by atoms with E-state index in [4.69, 9.17) is 17.3 Å². The van der Waals surface area contributed by atoms with Gasteiger partial charge in [-0.15, -0.1) is 0 Å². The molecule has 0 aromatic heterocycles. The van der Waals surface area contributed by atoms with E-state index in [2.05, 4.69) is 12.2 Å². The summed E-state index contributed by atoms with van der Waals surface area (Å²) < 4.78 is 0. The highest BCUT2D eigenvalue weighted by molar-refractivity contribution is 6.30. The molecule has 2 atom stereocenters. The fraction of sp³-hybridized carbons (Fsp3) is 0.533. The Bertz CT molecular complexity index is 392. The zero-order chi connectivity index (χ0) is 14.3. The van der Waals surface area contributed by atoms with Gasteiger partial charge < -0.3 is 11.1 Å². The van der Waals surface area contributed by atoms with E-state index in [1.807, 2.05) is 31.2 Å². The summed E-state index contributed by atoms with van der Waals surface area (Å²) >= 11 is 5.84. The summed E-state index contributed by atoms with van der Waals surface area (Å²) in [7, 11) is 0. The third-order valence-electron chi connectivity index (χ3n) is 3.27. The maximum atomic E-state index is 11.8. The quantitative estimate of drug-likeness (QED) is 0.806. The molecule has 1 amide bonds. The summed E-state index contributed by atoms with van der Waals surface area (Å²) in [4.78, 5) is 11.8. The van der Waals surface area contributed by atoms with Crippen LogP contribution in [0.15, 0.2) is 24.3 Å². The average Bonchev–Trinajstić information content (AvgIpc) is 2.37. The highest BCUT2D eigenvalue weighted by Gasteiger charge is 2.10. The molecule has 1 aromatic rings. The number of nitrogens with two attached hydrogens (primary N) is 1. The van der Waals surface area contributed by atoms with Crippen LogP contribution in [0.4, 0.5) is 0 Å². The molecule has 0 aliphatic heterocycles. The number of carbonyl (C=O) groups is 1. The van der Waals surface area contributed by atoms with Gasteiger partial charge in [0.05, 0.1) is 6.04 Å². The minimum Gasteiger partial charge on any atom is -0.350 e. The van der Waals surface area contributed by atoms with Gasteiger partial charge in [-0.05, 0) is 49.9 Å². The fourth-order valence-corrected chi connectivity index (χ4v) is 2.08. The molecular weight excluding hydrogens is 260 g/mol. The first-order chi connectivity index (χ1) is 9.02. The lowest BCUT2D eigenvalue weighted by atomic mass is 10.0. The lowest BCUT2D eigenvalue weighted by Crippen LogP contribution is -2.26. The molecule has 0 heterocycles. The first-order valence-corrected chi connectivity index (χ1v) is 7.15. The van der Waals surface area contributed by atoms with Crippen LogP contribution in [0.5, 0.6) is 0 Å². The predicted molar refractivity (Wildman–Crippen MR) is 80.1 cm³/mol. The summed E-state index contributed by atoms with van der Waals surface area (Å²) in [6.07, 6.45) is 2.41. The number of rotatable bonds is 7. The molecule has 0 saturated heterocycles. The second kappa shape index (κ2) is 8.18. The second-order valence-corrected chi connectivity index (χ2v) is 5.50. The number of benzene rings is 1. The number of amides is 1. The van der Waals surface area contributed by atoms with Crippen LogP contribution in [0, 0.1) is 5.92 Å². The molecule has 0 aliphatic rings. The van der Waals surface area contributed by atoms with Gasteiger partial charge in [0.15, 0.2) is 0 Å². The Labute approximate surface area is 120 Å². The molecule has 0 bridgehead atoms. The van der Waals surface area contributed by atoms with Gasteiger partial charge in [0.2, 0.25) is 5.91 Å². The molecule has 0 spiro atoms. The molecular formula is C15H23ClN2O. The van der Waals surface area contributed by atoms with E-state index >= 15 is 0 Å². The van der Waals surface area contributed by atoms with Crippen LogP contribution in [0.1, 0.15) is 44.7 Å². The monoisotopic (exact) mass is 282 g/mol. The third-order valence-corrected chi connectivity index (χ3v) is 3.52. The number of halogens is 1. The van der Waals surface area contributed by atoms with Crippen molar-refractivity contribution in [3.05, 3.63) is 34.9 Å². The van der Waals surface area contributed by atoms with Gasteiger partial charge in [0.25, 0.3) is 0 Å².